The van der Waals surface area contributed by atoms with Crippen molar-refractivity contribution >= 4 is 24.8 Å². The van der Waals surface area contributed by atoms with Crippen molar-refractivity contribution in [2.45, 2.75) is 18.5 Å². The van der Waals surface area contributed by atoms with Crippen molar-refractivity contribution in [2.24, 2.45) is 0 Å². The number of hydrogen-bond acceptors (Lipinski definition) is 0. The van der Waals surface area contributed by atoms with Crippen molar-refractivity contribution in [3.8, 4) is 11.1 Å². The van der Waals surface area contributed by atoms with Crippen molar-refractivity contribution in [1.82, 2.24) is 0 Å². The molecule has 2 aromatic rings. The van der Waals surface area contributed by atoms with Crippen LogP contribution in [-0.4, -0.2) is 8.11 Å². The summed E-state index contributed by atoms with van der Waals surface area (Å²) in [5, 5.41) is 0. The van der Waals surface area contributed by atoms with Gasteiger partial charge in [0.05, 0.1) is 0 Å². The van der Waals surface area contributed by atoms with Crippen molar-refractivity contribution in [3.05, 3.63) is 77.4 Å². The zero-order valence-corrected chi connectivity index (χ0v) is 19.1. The molecule has 0 N–H and O–H groups in total. The van der Waals surface area contributed by atoms with E-state index >= 15 is 0 Å². The molecule has 0 nitrogen and oxygen atoms in total. The first-order valence-corrected chi connectivity index (χ1v) is 11.1. The van der Waals surface area contributed by atoms with Crippen LogP contribution in [0.2, 0.25) is 6.55 Å². The standard InChI is InChI=1S/C19H17ClSi.2ClH.Zr/c1-21(20)19-17-10-5-4-9-15(17)16-12-6-11-14(18(16)19)13-7-2-3-8-13;;;/h2-7,9-12,19,21H,8H2,1H3;2*1H;/q;;;+2/p-2. The first kappa shape index (κ1) is 21.9. The minimum absolute atomic E-state index is 0. The zero-order chi connectivity index (χ0) is 14.4. The second kappa shape index (κ2) is 9.01. The van der Waals surface area contributed by atoms with E-state index in [1.54, 1.807) is 0 Å². The Kier molecular flexibility index (Phi) is 8.23. The number of allylic oxidation sites excluding steroid dienone is 4. The number of benzene rings is 2. The van der Waals surface area contributed by atoms with Gasteiger partial charge in [0.25, 0.3) is 0 Å². The van der Waals surface area contributed by atoms with E-state index in [0.29, 0.717) is 5.54 Å². The van der Waals surface area contributed by atoms with E-state index in [1.807, 2.05) is 0 Å². The number of halogens is 3. The van der Waals surface area contributed by atoms with Crippen molar-refractivity contribution in [1.29, 1.82) is 0 Å². The minimum Gasteiger partial charge on any atom is -1.00 e. The maximum Gasteiger partial charge on any atom is 2.00 e. The Morgan fingerprint density at radius 3 is 2.29 bits per heavy atom. The largest absolute Gasteiger partial charge is 2.00 e. The molecule has 2 unspecified atom stereocenters. The zero-order valence-electron chi connectivity index (χ0n) is 13.3. The van der Waals surface area contributed by atoms with E-state index < -0.39 is 8.11 Å². The second-order valence-corrected chi connectivity index (χ2v) is 9.92. The van der Waals surface area contributed by atoms with Crippen LogP contribution >= 0.6 is 11.1 Å². The van der Waals surface area contributed by atoms with E-state index in [-0.39, 0.29) is 51.0 Å². The SMILES string of the molecule is C[SiH](Cl)C1c2ccccc2-c2cccc(C3=CC=CC3)c21.[Cl-].[Cl-].[Zr+2]. The average molecular weight is 471 g/mol. The topological polar surface area (TPSA) is 0 Å². The van der Waals surface area contributed by atoms with Gasteiger partial charge in [0.15, 0.2) is 0 Å². The first-order chi connectivity index (χ1) is 10.3. The molecule has 0 heterocycles. The van der Waals surface area contributed by atoms with Crippen LogP contribution in [0.25, 0.3) is 16.7 Å². The molecule has 2 aliphatic rings. The van der Waals surface area contributed by atoms with Crippen LogP contribution in [0.15, 0.2) is 60.7 Å². The minimum atomic E-state index is -1.34. The van der Waals surface area contributed by atoms with E-state index in [0.717, 1.165) is 6.42 Å². The van der Waals surface area contributed by atoms with Crippen LogP contribution in [0.3, 0.4) is 0 Å². The average Bonchev–Trinajstić information content (AvgIpc) is 3.12. The fourth-order valence-electron chi connectivity index (χ4n) is 3.71. The summed E-state index contributed by atoms with van der Waals surface area (Å²) in [6.07, 6.45) is 7.68. The molecule has 0 aliphatic heterocycles. The third kappa shape index (κ3) is 3.55. The molecule has 122 valence electrons. The van der Waals surface area contributed by atoms with Gasteiger partial charge in [0.1, 0.15) is 8.11 Å². The van der Waals surface area contributed by atoms with Gasteiger partial charge in [0.2, 0.25) is 0 Å². The summed E-state index contributed by atoms with van der Waals surface area (Å²) in [4.78, 5) is 0. The van der Waals surface area contributed by atoms with Gasteiger partial charge >= 0.3 is 26.2 Å². The molecule has 5 heteroatoms. The fraction of sp³-hybridized carbons (Fsp3) is 0.158. The van der Waals surface area contributed by atoms with Gasteiger partial charge in [-0.15, -0.1) is 0 Å². The Hall–Kier alpha value is -0.110. The molecule has 2 aliphatic carbocycles. The molecule has 0 saturated heterocycles. The summed E-state index contributed by atoms with van der Waals surface area (Å²) < 4.78 is 0. The maximum atomic E-state index is 6.72. The molecule has 2 aromatic carbocycles. The molecule has 24 heavy (non-hydrogen) atoms. The molecule has 0 bridgehead atoms. The van der Waals surface area contributed by atoms with Crippen molar-refractivity contribution in [2.75, 3.05) is 0 Å². The fourth-order valence-corrected chi connectivity index (χ4v) is 6.10. The first-order valence-electron chi connectivity index (χ1n) is 7.49. The van der Waals surface area contributed by atoms with E-state index in [9.17, 15) is 0 Å². The van der Waals surface area contributed by atoms with E-state index in [1.165, 1.54) is 33.4 Å². The number of hydrogen-bond donors (Lipinski definition) is 0. The number of rotatable bonds is 2. The van der Waals surface area contributed by atoms with Gasteiger partial charge in [-0.05, 0) is 39.8 Å². The third-order valence-corrected chi connectivity index (χ3v) is 6.95. The molecule has 0 spiro atoms. The summed E-state index contributed by atoms with van der Waals surface area (Å²) in [6.45, 7) is 2.25. The van der Waals surface area contributed by atoms with Crippen molar-refractivity contribution < 1.29 is 51.0 Å². The quantitative estimate of drug-likeness (QED) is 0.401. The van der Waals surface area contributed by atoms with Crippen LogP contribution < -0.4 is 24.8 Å². The third-order valence-electron chi connectivity index (χ3n) is 4.58. The molecule has 0 fully saturated rings. The van der Waals surface area contributed by atoms with Crippen LogP contribution in [-0.2, 0) is 26.2 Å². The van der Waals surface area contributed by atoms with Gasteiger partial charge < -0.3 is 24.8 Å². The molecule has 2 atom stereocenters. The summed E-state index contributed by atoms with van der Waals surface area (Å²) in [5.41, 5.74) is 8.93. The Morgan fingerprint density at radius 2 is 1.62 bits per heavy atom. The number of fused-ring (bicyclic) bond motifs is 3. The van der Waals surface area contributed by atoms with E-state index in [4.69, 9.17) is 11.1 Å². The van der Waals surface area contributed by atoms with Crippen LogP contribution in [0, 0.1) is 0 Å². The van der Waals surface area contributed by atoms with Crippen LogP contribution in [0.1, 0.15) is 28.7 Å². The molecular weight excluding hydrogens is 454 g/mol. The van der Waals surface area contributed by atoms with Crippen LogP contribution in [0.4, 0.5) is 0 Å². The Labute approximate surface area is 181 Å². The summed E-state index contributed by atoms with van der Waals surface area (Å²) in [6, 6.07) is 15.5. The smallest absolute Gasteiger partial charge is 1.00 e. The Morgan fingerprint density at radius 1 is 0.958 bits per heavy atom. The Bertz CT molecular complexity index is 784. The normalized spacial score (nSPS) is 17.6. The van der Waals surface area contributed by atoms with Crippen LogP contribution in [0.5, 0.6) is 0 Å². The summed E-state index contributed by atoms with van der Waals surface area (Å²) in [5.74, 6) is 0. The molecule has 4 rings (SSSR count). The predicted molar refractivity (Wildman–Crippen MR) is 94.3 cm³/mol. The molecular formula is C19H17Cl3SiZr. The summed E-state index contributed by atoms with van der Waals surface area (Å²) in [7, 11) is -1.34. The Balaban J connectivity index is 0.000000960. The molecule has 0 saturated carbocycles. The monoisotopic (exact) mass is 468 g/mol. The summed E-state index contributed by atoms with van der Waals surface area (Å²) >= 11 is 6.72. The van der Waals surface area contributed by atoms with E-state index in [2.05, 4.69) is 67.2 Å². The van der Waals surface area contributed by atoms with Gasteiger partial charge in [-0.25, -0.2) is 0 Å². The molecule has 0 radical (unpaired) electrons. The van der Waals surface area contributed by atoms with Gasteiger partial charge in [-0.3, -0.25) is 0 Å². The van der Waals surface area contributed by atoms with Gasteiger partial charge in [-0.1, -0.05) is 67.2 Å². The maximum absolute atomic E-state index is 6.72. The van der Waals surface area contributed by atoms with Crippen molar-refractivity contribution in [3.63, 3.8) is 0 Å². The second-order valence-electron chi connectivity index (χ2n) is 5.83. The predicted octanol–water partition coefficient (Wildman–Crippen LogP) is -0.721. The van der Waals surface area contributed by atoms with Gasteiger partial charge in [0, 0.05) is 5.54 Å². The van der Waals surface area contributed by atoms with Gasteiger partial charge in [-0.2, -0.15) is 11.1 Å². The molecule has 0 amide bonds. The molecule has 0 aromatic heterocycles.